The number of aromatic nitrogens is 2. The Kier molecular flexibility index (Phi) is 6.42. The van der Waals surface area contributed by atoms with Gasteiger partial charge in [-0.1, -0.05) is 30.3 Å². The van der Waals surface area contributed by atoms with Crippen molar-refractivity contribution in [3.8, 4) is 17.3 Å². The molecule has 2 amide bonds. The predicted molar refractivity (Wildman–Crippen MR) is 135 cm³/mol. The minimum Gasteiger partial charge on any atom is -0.354 e. The Bertz CT molecular complexity index is 1590. The van der Waals surface area contributed by atoms with Gasteiger partial charge in [-0.05, 0) is 12.1 Å². The molecule has 2 atom stereocenters. The molecule has 2 unspecified atom stereocenters. The van der Waals surface area contributed by atoms with Gasteiger partial charge in [-0.15, -0.1) is 0 Å². The molecule has 0 N–H and O–H groups in total. The van der Waals surface area contributed by atoms with Crippen molar-refractivity contribution in [3.05, 3.63) is 59.7 Å². The van der Waals surface area contributed by atoms with Crippen molar-refractivity contribution in [1.29, 1.82) is 5.26 Å². The van der Waals surface area contributed by atoms with Crippen molar-refractivity contribution in [2.24, 2.45) is 0 Å². The highest BCUT2D eigenvalue weighted by Gasteiger charge is 2.45. The van der Waals surface area contributed by atoms with Gasteiger partial charge in [0.2, 0.25) is 5.91 Å². The summed E-state index contributed by atoms with van der Waals surface area (Å²) in [5.41, 5.74) is -1.88. The van der Waals surface area contributed by atoms with Gasteiger partial charge in [-0.25, -0.2) is 4.39 Å². The summed E-state index contributed by atoms with van der Waals surface area (Å²) in [6.45, 7) is 3.52. The number of hydrogen-bond donors (Lipinski definition) is 0. The second-order valence-corrected chi connectivity index (χ2v) is 9.52. The summed E-state index contributed by atoms with van der Waals surface area (Å²) >= 11 is 5.83. The molecule has 2 aliphatic rings. The molecule has 2 aliphatic heterocycles. The zero-order valence-corrected chi connectivity index (χ0v) is 21.1. The lowest BCUT2D eigenvalue weighted by atomic mass is 9.96. The van der Waals surface area contributed by atoms with Crippen LogP contribution in [-0.2, 0) is 15.8 Å². The van der Waals surface area contributed by atoms with Gasteiger partial charge in [0.1, 0.15) is 17.3 Å². The second kappa shape index (κ2) is 9.50. The number of nitriles is 1. The van der Waals surface area contributed by atoms with E-state index in [1.807, 2.05) is 6.07 Å². The maximum absolute atomic E-state index is 15.9. The number of halogens is 5. The molecule has 0 bridgehead atoms. The van der Waals surface area contributed by atoms with Crippen LogP contribution in [0, 0.1) is 17.1 Å². The first kappa shape index (κ1) is 26.4. The summed E-state index contributed by atoms with van der Waals surface area (Å²) in [5.74, 6) is -1.87. The van der Waals surface area contributed by atoms with E-state index in [0.29, 0.717) is 11.4 Å². The molecule has 13 heteroatoms. The van der Waals surface area contributed by atoms with E-state index in [-0.39, 0.29) is 36.3 Å². The normalized spacial score (nSPS) is 19.0. The Hall–Kier alpha value is -4.24. The van der Waals surface area contributed by atoms with Crippen LogP contribution < -0.4 is 9.80 Å². The van der Waals surface area contributed by atoms with Crippen LogP contribution in [0.2, 0.25) is 5.02 Å². The molecule has 1 fully saturated rings. The third-order valence-electron chi connectivity index (χ3n) is 7.00. The number of piperazine rings is 1. The van der Waals surface area contributed by atoms with E-state index >= 15 is 4.39 Å². The van der Waals surface area contributed by atoms with Crippen LogP contribution in [0.15, 0.2) is 43.2 Å². The van der Waals surface area contributed by atoms with Crippen LogP contribution in [-0.4, -0.2) is 58.9 Å². The third-order valence-corrected chi connectivity index (χ3v) is 7.32. The minimum absolute atomic E-state index is 0.0308. The van der Waals surface area contributed by atoms with Crippen LogP contribution in [0.5, 0.6) is 0 Å². The highest BCUT2D eigenvalue weighted by atomic mass is 35.5. The first-order valence-electron chi connectivity index (χ1n) is 11.7. The SMILES string of the molecule is C=CC(=O)N1CC2C(=O)N(C)c3cnc4c(F)c(-c5cccc(Cl)c5C(F)(F)F)ncc4c3N2CC1CC#N. The minimum atomic E-state index is -4.87. The van der Waals surface area contributed by atoms with Crippen molar-refractivity contribution in [3.63, 3.8) is 0 Å². The summed E-state index contributed by atoms with van der Waals surface area (Å²) in [4.78, 5) is 38.4. The van der Waals surface area contributed by atoms with Gasteiger partial charge in [-0.2, -0.15) is 18.4 Å². The van der Waals surface area contributed by atoms with E-state index in [2.05, 4.69) is 16.5 Å². The molecule has 1 aromatic carbocycles. The van der Waals surface area contributed by atoms with Crippen LogP contribution >= 0.6 is 11.6 Å². The Morgan fingerprint density at radius 3 is 2.69 bits per heavy atom. The summed E-state index contributed by atoms with van der Waals surface area (Å²) in [7, 11) is 1.51. The van der Waals surface area contributed by atoms with Crippen molar-refractivity contribution in [2.75, 3.05) is 29.9 Å². The van der Waals surface area contributed by atoms with Crippen LogP contribution in [0.3, 0.4) is 0 Å². The van der Waals surface area contributed by atoms with Crippen molar-refractivity contribution < 1.29 is 27.2 Å². The molecule has 4 heterocycles. The first-order chi connectivity index (χ1) is 18.5. The molecular formula is C26H19ClF4N6O2. The molecular weight excluding hydrogens is 540 g/mol. The molecule has 39 heavy (non-hydrogen) atoms. The van der Waals surface area contributed by atoms with Gasteiger partial charge in [-0.3, -0.25) is 19.6 Å². The lowest BCUT2D eigenvalue weighted by Crippen LogP contribution is -2.66. The lowest BCUT2D eigenvalue weighted by Gasteiger charge is -2.50. The van der Waals surface area contributed by atoms with Crippen LogP contribution in [0.25, 0.3) is 22.2 Å². The van der Waals surface area contributed by atoms with Gasteiger partial charge in [0.25, 0.3) is 5.91 Å². The summed E-state index contributed by atoms with van der Waals surface area (Å²) in [5, 5.41) is 8.92. The standard InChI is InChI=1S/C26H19ClF4N6O2/c1-3-19(38)36-12-18-25(39)35(2)17-10-34-23-15(24(17)37(18)11-13(36)7-8-32)9-33-22(21(23)28)14-5-4-6-16(27)20(14)26(29,30)31/h3-6,9-10,13,18H,1,7,11-12H2,2H3. The van der Waals surface area contributed by atoms with Crippen LogP contribution in [0.1, 0.15) is 12.0 Å². The number of alkyl halides is 3. The maximum atomic E-state index is 15.9. The molecule has 2 aromatic heterocycles. The summed E-state index contributed by atoms with van der Waals surface area (Å²) in [6.07, 6.45) is -1.31. The number of rotatable bonds is 3. The quantitative estimate of drug-likeness (QED) is 0.345. The third kappa shape index (κ3) is 4.13. The number of benzene rings is 1. The highest BCUT2D eigenvalue weighted by Crippen LogP contribution is 2.45. The van der Waals surface area contributed by atoms with Gasteiger partial charge < -0.3 is 14.7 Å². The second-order valence-electron chi connectivity index (χ2n) is 9.11. The monoisotopic (exact) mass is 558 g/mol. The number of pyridine rings is 2. The highest BCUT2D eigenvalue weighted by molar-refractivity contribution is 6.31. The molecule has 0 radical (unpaired) electrons. The average molecular weight is 559 g/mol. The fraction of sp³-hybridized carbons (Fsp3) is 0.269. The maximum Gasteiger partial charge on any atom is 0.418 e. The molecule has 3 aromatic rings. The molecule has 0 saturated carbocycles. The average Bonchev–Trinajstić information content (AvgIpc) is 2.90. The summed E-state index contributed by atoms with van der Waals surface area (Å²) < 4.78 is 57.3. The number of fused-ring (bicyclic) bond motifs is 5. The zero-order valence-electron chi connectivity index (χ0n) is 20.3. The van der Waals surface area contributed by atoms with E-state index < -0.39 is 51.8 Å². The first-order valence-corrected chi connectivity index (χ1v) is 12.0. The number of likely N-dealkylation sites (N-methyl/N-ethyl adjacent to an activating group) is 1. The smallest absolute Gasteiger partial charge is 0.354 e. The van der Waals surface area contributed by atoms with E-state index in [4.69, 9.17) is 11.6 Å². The number of hydrogen-bond acceptors (Lipinski definition) is 6. The largest absolute Gasteiger partial charge is 0.418 e. The fourth-order valence-corrected chi connectivity index (χ4v) is 5.48. The Balaban J connectivity index is 1.70. The molecule has 0 aliphatic carbocycles. The number of nitrogens with zero attached hydrogens (tertiary/aromatic N) is 6. The van der Waals surface area contributed by atoms with Gasteiger partial charge in [0, 0.05) is 30.7 Å². The van der Waals surface area contributed by atoms with E-state index in [1.54, 1.807) is 4.90 Å². The number of carbonyl (C=O) groups is 2. The lowest BCUT2D eigenvalue weighted by molar-refractivity contribution is -0.137. The van der Waals surface area contributed by atoms with E-state index in [0.717, 1.165) is 18.2 Å². The van der Waals surface area contributed by atoms with Crippen LogP contribution in [0.4, 0.5) is 28.9 Å². The molecule has 1 saturated heterocycles. The van der Waals surface area contributed by atoms with Gasteiger partial charge in [0.15, 0.2) is 5.82 Å². The fourth-order valence-electron chi connectivity index (χ4n) is 5.20. The Morgan fingerprint density at radius 1 is 1.28 bits per heavy atom. The van der Waals surface area contributed by atoms with Crippen molar-refractivity contribution >= 4 is 45.7 Å². The Morgan fingerprint density at radius 2 is 2.03 bits per heavy atom. The number of anilines is 2. The Labute approximate surface area is 224 Å². The molecule has 0 spiro atoms. The molecule has 8 nitrogen and oxygen atoms in total. The zero-order chi connectivity index (χ0) is 28.2. The number of carbonyl (C=O) groups excluding carboxylic acids is 2. The van der Waals surface area contributed by atoms with Crippen molar-refractivity contribution in [1.82, 2.24) is 14.9 Å². The van der Waals surface area contributed by atoms with Gasteiger partial charge >= 0.3 is 6.18 Å². The van der Waals surface area contributed by atoms with Crippen molar-refractivity contribution in [2.45, 2.75) is 24.7 Å². The predicted octanol–water partition coefficient (Wildman–Crippen LogP) is 4.57. The van der Waals surface area contributed by atoms with E-state index in [1.165, 1.54) is 35.3 Å². The number of amides is 2. The van der Waals surface area contributed by atoms with Gasteiger partial charge in [0.05, 0.1) is 53.2 Å². The topological polar surface area (TPSA) is 93.4 Å². The van der Waals surface area contributed by atoms with E-state index in [9.17, 15) is 28.0 Å². The summed E-state index contributed by atoms with van der Waals surface area (Å²) in [6, 6.07) is 3.99. The molecule has 200 valence electrons. The molecule has 5 rings (SSSR count).